The van der Waals surface area contributed by atoms with Gasteiger partial charge in [0.15, 0.2) is 4.32 Å². The Bertz CT molecular complexity index is 791. The highest BCUT2D eigenvalue weighted by Gasteiger charge is 2.33. The summed E-state index contributed by atoms with van der Waals surface area (Å²) in [4.78, 5) is 29.0. The minimum absolute atomic E-state index is 0.287. The number of nitrogens with one attached hydrogen (secondary N) is 1. The number of amides is 2. The molecule has 2 amide bonds. The van der Waals surface area contributed by atoms with Crippen molar-refractivity contribution in [3.63, 3.8) is 0 Å². The molecule has 0 bridgehead atoms. The third-order valence-electron chi connectivity index (χ3n) is 3.03. The highest BCUT2D eigenvalue weighted by Crippen LogP contribution is 2.31. The molecule has 5 nitrogen and oxygen atoms in total. The van der Waals surface area contributed by atoms with Crippen LogP contribution in [0.25, 0.3) is 6.08 Å². The van der Waals surface area contributed by atoms with Gasteiger partial charge in [0.25, 0.3) is 11.8 Å². The van der Waals surface area contributed by atoms with Gasteiger partial charge in [-0.25, -0.2) is 0 Å². The molecule has 0 unspecified atom stereocenters. The second-order valence-electron chi connectivity index (χ2n) is 4.61. The smallest absolute Gasteiger partial charge is 0.267 e. The van der Waals surface area contributed by atoms with E-state index in [9.17, 15) is 9.59 Å². The van der Waals surface area contributed by atoms with Gasteiger partial charge < -0.3 is 0 Å². The Morgan fingerprint density at radius 3 is 2.70 bits per heavy atom. The van der Waals surface area contributed by atoms with Crippen LogP contribution in [0.2, 0.25) is 0 Å². The average molecular weight is 341 g/mol. The standard InChI is InChI=1S/C16H11N3O2S2/c20-14(12-6-2-1-3-7-12)18-19-15(21)13(23-16(19)22)9-11-5-4-8-17-10-11/h1-10H,(H,18,20)/b13-9-. The van der Waals surface area contributed by atoms with E-state index in [4.69, 9.17) is 12.2 Å². The van der Waals surface area contributed by atoms with Crippen molar-refractivity contribution >= 4 is 46.2 Å². The summed E-state index contributed by atoms with van der Waals surface area (Å²) in [6.45, 7) is 0. The van der Waals surface area contributed by atoms with Crippen molar-refractivity contribution in [2.75, 3.05) is 0 Å². The zero-order chi connectivity index (χ0) is 16.2. The second-order valence-corrected chi connectivity index (χ2v) is 6.29. The third-order valence-corrected chi connectivity index (χ3v) is 4.33. The second kappa shape index (κ2) is 6.72. The predicted molar refractivity (Wildman–Crippen MR) is 93.2 cm³/mol. The lowest BCUT2D eigenvalue weighted by molar-refractivity contribution is -0.123. The normalized spacial score (nSPS) is 16.0. The van der Waals surface area contributed by atoms with E-state index < -0.39 is 0 Å². The molecule has 7 heteroatoms. The van der Waals surface area contributed by atoms with Crippen LogP contribution in [0.5, 0.6) is 0 Å². The summed E-state index contributed by atoms with van der Waals surface area (Å²) in [5.74, 6) is -0.738. The lowest BCUT2D eigenvalue weighted by Crippen LogP contribution is -2.44. The summed E-state index contributed by atoms with van der Waals surface area (Å²) in [7, 11) is 0. The number of pyridine rings is 1. The topological polar surface area (TPSA) is 62.3 Å². The molecule has 1 aromatic heterocycles. The molecule has 1 fully saturated rings. The number of thioether (sulfide) groups is 1. The van der Waals surface area contributed by atoms with Crippen molar-refractivity contribution in [2.24, 2.45) is 0 Å². The summed E-state index contributed by atoms with van der Waals surface area (Å²) >= 11 is 6.32. The van der Waals surface area contributed by atoms with Crippen molar-refractivity contribution in [1.29, 1.82) is 0 Å². The maximum absolute atomic E-state index is 12.4. The van der Waals surface area contributed by atoms with Crippen LogP contribution in [0, 0.1) is 0 Å². The number of carbonyl (C=O) groups is 2. The molecular weight excluding hydrogens is 330 g/mol. The number of thiocarbonyl (C=S) groups is 1. The molecule has 1 saturated heterocycles. The molecule has 3 rings (SSSR count). The molecule has 1 N–H and O–H groups in total. The Balaban J connectivity index is 1.77. The number of hydrogen-bond acceptors (Lipinski definition) is 5. The van der Waals surface area contributed by atoms with Crippen molar-refractivity contribution in [3.8, 4) is 0 Å². The fourth-order valence-corrected chi connectivity index (χ4v) is 3.11. The number of hydrazine groups is 1. The number of hydrogen-bond donors (Lipinski definition) is 1. The number of carbonyl (C=O) groups excluding carboxylic acids is 2. The van der Waals surface area contributed by atoms with Crippen LogP contribution in [-0.4, -0.2) is 26.1 Å². The van der Waals surface area contributed by atoms with Crippen molar-refractivity contribution in [2.45, 2.75) is 0 Å². The van der Waals surface area contributed by atoms with Gasteiger partial charge in [-0.15, -0.1) is 0 Å². The Hall–Kier alpha value is -2.51. The molecule has 2 heterocycles. The van der Waals surface area contributed by atoms with E-state index in [1.807, 2.05) is 12.1 Å². The van der Waals surface area contributed by atoms with Gasteiger partial charge in [0.1, 0.15) is 0 Å². The molecule has 1 aliphatic heterocycles. The van der Waals surface area contributed by atoms with Crippen molar-refractivity contribution in [1.82, 2.24) is 15.4 Å². The van der Waals surface area contributed by atoms with Crippen molar-refractivity contribution < 1.29 is 9.59 Å². The van der Waals surface area contributed by atoms with Crippen LogP contribution in [0.3, 0.4) is 0 Å². The van der Waals surface area contributed by atoms with E-state index in [0.717, 1.165) is 22.3 Å². The highest BCUT2D eigenvalue weighted by molar-refractivity contribution is 8.26. The fraction of sp³-hybridized carbons (Fsp3) is 0. The third kappa shape index (κ3) is 3.46. The first kappa shape index (κ1) is 15.4. The first-order valence-electron chi connectivity index (χ1n) is 6.69. The van der Waals surface area contributed by atoms with E-state index in [0.29, 0.717) is 10.5 Å². The average Bonchev–Trinajstić information content (AvgIpc) is 2.84. The number of benzene rings is 1. The van der Waals surface area contributed by atoms with Gasteiger partial charge in [-0.2, -0.15) is 5.01 Å². The summed E-state index contributed by atoms with van der Waals surface area (Å²) in [6, 6.07) is 12.3. The monoisotopic (exact) mass is 341 g/mol. The first-order chi connectivity index (χ1) is 11.1. The molecule has 0 aliphatic carbocycles. The maximum atomic E-state index is 12.4. The van der Waals surface area contributed by atoms with Gasteiger partial charge in [0.2, 0.25) is 0 Å². The van der Waals surface area contributed by atoms with E-state index in [1.54, 1.807) is 48.8 Å². The predicted octanol–water partition coefficient (Wildman–Crippen LogP) is 2.63. The van der Waals surface area contributed by atoms with Crippen LogP contribution in [0.15, 0.2) is 59.8 Å². The minimum atomic E-state index is -0.385. The Morgan fingerprint density at radius 2 is 2.00 bits per heavy atom. The molecule has 114 valence electrons. The lowest BCUT2D eigenvalue weighted by Gasteiger charge is -2.15. The SMILES string of the molecule is O=C(NN1C(=O)/C(=C/c2cccnc2)SC1=S)c1ccccc1. The molecule has 1 aliphatic rings. The maximum Gasteiger partial charge on any atom is 0.285 e. The van der Waals surface area contributed by atoms with E-state index >= 15 is 0 Å². The number of rotatable bonds is 3. The molecule has 2 aromatic rings. The van der Waals surface area contributed by atoms with E-state index in [1.165, 1.54) is 0 Å². The molecule has 0 radical (unpaired) electrons. The van der Waals surface area contributed by atoms with Gasteiger partial charge in [-0.05, 0) is 42.1 Å². The summed E-state index contributed by atoms with van der Waals surface area (Å²) in [5, 5.41) is 1.09. The van der Waals surface area contributed by atoms with Crippen LogP contribution < -0.4 is 5.43 Å². The Kier molecular flexibility index (Phi) is 4.50. The van der Waals surface area contributed by atoms with Crippen LogP contribution in [0.1, 0.15) is 15.9 Å². The van der Waals surface area contributed by atoms with Gasteiger partial charge in [-0.3, -0.25) is 20.0 Å². The van der Waals surface area contributed by atoms with E-state index in [2.05, 4.69) is 10.4 Å². The van der Waals surface area contributed by atoms with Crippen LogP contribution >= 0.6 is 24.0 Å². The summed E-state index contributed by atoms with van der Waals surface area (Å²) in [6.07, 6.45) is 5.00. The Morgan fingerprint density at radius 1 is 1.22 bits per heavy atom. The zero-order valence-corrected chi connectivity index (χ0v) is 13.4. The zero-order valence-electron chi connectivity index (χ0n) is 11.8. The summed E-state index contributed by atoms with van der Waals surface area (Å²) < 4.78 is 0.287. The molecule has 1 aromatic carbocycles. The van der Waals surface area contributed by atoms with Gasteiger partial charge >= 0.3 is 0 Å². The largest absolute Gasteiger partial charge is 0.285 e. The quantitative estimate of drug-likeness (QED) is 0.687. The molecule has 23 heavy (non-hydrogen) atoms. The lowest BCUT2D eigenvalue weighted by atomic mass is 10.2. The van der Waals surface area contributed by atoms with E-state index in [-0.39, 0.29) is 16.1 Å². The Labute approximate surface area is 142 Å². The van der Waals surface area contributed by atoms with Crippen LogP contribution in [0.4, 0.5) is 0 Å². The van der Waals surface area contributed by atoms with Gasteiger partial charge in [0.05, 0.1) is 4.91 Å². The fourth-order valence-electron chi connectivity index (χ4n) is 1.93. The number of aromatic nitrogens is 1. The molecule has 0 saturated carbocycles. The number of nitrogens with zero attached hydrogens (tertiary/aromatic N) is 2. The summed E-state index contributed by atoms with van der Waals surface area (Å²) in [5.41, 5.74) is 3.79. The first-order valence-corrected chi connectivity index (χ1v) is 7.91. The van der Waals surface area contributed by atoms with Gasteiger partial charge in [0, 0.05) is 18.0 Å². The molecule has 0 spiro atoms. The minimum Gasteiger partial charge on any atom is -0.267 e. The highest BCUT2D eigenvalue weighted by atomic mass is 32.2. The van der Waals surface area contributed by atoms with Crippen LogP contribution in [-0.2, 0) is 4.79 Å². The van der Waals surface area contributed by atoms with Gasteiger partial charge in [-0.1, -0.05) is 36.0 Å². The molecular formula is C16H11N3O2S2. The van der Waals surface area contributed by atoms with Crippen molar-refractivity contribution in [3.05, 3.63) is 70.9 Å². The molecule has 0 atom stereocenters.